The molecule has 1 fully saturated rings. The summed E-state index contributed by atoms with van der Waals surface area (Å²) >= 11 is 12.2. The van der Waals surface area contributed by atoms with Gasteiger partial charge >= 0.3 is 6.03 Å². The molecule has 2 heterocycles. The maximum absolute atomic E-state index is 12.3. The minimum absolute atomic E-state index is 0.293. The molecule has 0 aromatic heterocycles. The molecule has 3 amide bonds. The average Bonchev–Trinajstić information content (AvgIpc) is 2.55. The van der Waals surface area contributed by atoms with Crippen molar-refractivity contribution in [2.75, 3.05) is 0 Å². The number of amides is 3. The zero-order valence-electron chi connectivity index (χ0n) is 10.8. The number of hydrogen-bond acceptors (Lipinski definition) is 3. The largest absolute Gasteiger partial charge is 0.486 e. The van der Waals surface area contributed by atoms with Crippen LogP contribution in [0.25, 0.3) is 0 Å². The van der Waals surface area contributed by atoms with Gasteiger partial charge in [0.1, 0.15) is 11.4 Å². The zero-order valence-corrected chi connectivity index (χ0v) is 12.4. The number of urea groups is 1. The molecule has 1 saturated heterocycles. The Morgan fingerprint density at radius 2 is 1.95 bits per heavy atom. The quantitative estimate of drug-likeness (QED) is 0.723. The lowest BCUT2D eigenvalue weighted by atomic mass is 9.77. The van der Waals surface area contributed by atoms with Gasteiger partial charge in [0.05, 0.1) is 5.02 Å². The Morgan fingerprint density at radius 1 is 1.25 bits per heavy atom. The van der Waals surface area contributed by atoms with E-state index < -0.39 is 23.1 Å². The van der Waals surface area contributed by atoms with Gasteiger partial charge in [-0.05, 0) is 26.0 Å². The van der Waals surface area contributed by atoms with E-state index in [4.69, 9.17) is 27.9 Å². The standard InChI is InChI=1S/C13H12Cl2N2O3/c1-12(2)5-13(10(18)16-11(19)17-13)7-3-6(14)4-8(15)9(7)20-12/h3-4H,5H2,1-2H3,(H2,16,17,18,19). The Bertz CT molecular complexity index is 645. The van der Waals surface area contributed by atoms with Crippen LogP contribution in [-0.2, 0) is 10.3 Å². The molecule has 0 bridgehead atoms. The van der Waals surface area contributed by atoms with Crippen LogP contribution < -0.4 is 15.4 Å². The van der Waals surface area contributed by atoms with Crippen LogP contribution in [0.3, 0.4) is 0 Å². The molecule has 0 radical (unpaired) electrons. The fraction of sp³-hybridized carbons (Fsp3) is 0.385. The van der Waals surface area contributed by atoms with E-state index in [2.05, 4.69) is 10.6 Å². The molecule has 0 aliphatic carbocycles. The first-order chi connectivity index (χ1) is 9.23. The molecule has 1 spiro atoms. The molecule has 106 valence electrons. The predicted molar refractivity (Wildman–Crippen MR) is 74.1 cm³/mol. The molecule has 1 unspecified atom stereocenters. The number of fused-ring (bicyclic) bond motifs is 2. The highest BCUT2D eigenvalue weighted by Gasteiger charge is 2.55. The van der Waals surface area contributed by atoms with Gasteiger partial charge in [-0.15, -0.1) is 0 Å². The summed E-state index contributed by atoms with van der Waals surface area (Å²) in [5.74, 6) is -0.0388. The molecule has 1 atom stereocenters. The predicted octanol–water partition coefficient (Wildman–Crippen LogP) is 2.59. The smallest absolute Gasteiger partial charge is 0.322 e. The van der Waals surface area contributed by atoms with Crippen LogP contribution in [-0.4, -0.2) is 17.5 Å². The summed E-state index contributed by atoms with van der Waals surface area (Å²) in [6.45, 7) is 3.67. The fourth-order valence-corrected chi connectivity index (χ4v) is 3.37. The lowest BCUT2D eigenvalue weighted by Gasteiger charge is -2.42. The van der Waals surface area contributed by atoms with Crippen LogP contribution in [0.5, 0.6) is 5.75 Å². The van der Waals surface area contributed by atoms with Gasteiger partial charge in [-0.25, -0.2) is 4.79 Å². The van der Waals surface area contributed by atoms with Crippen LogP contribution in [0.1, 0.15) is 25.8 Å². The van der Waals surface area contributed by atoms with Gasteiger partial charge < -0.3 is 10.1 Å². The maximum Gasteiger partial charge on any atom is 0.322 e. The summed E-state index contributed by atoms with van der Waals surface area (Å²) in [4.78, 5) is 23.9. The zero-order chi connectivity index (χ0) is 14.7. The Labute approximate surface area is 125 Å². The SMILES string of the molecule is CC1(C)CC2(NC(=O)NC2=O)c2cc(Cl)cc(Cl)c2O1. The van der Waals surface area contributed by atoms with Crippen LogP contribution in [0.2, 0.25) is 10.0 Å². The summed E-state index contributed by atoms with van der Waals surface area (Å²) in [5, 5.41) is 5.65. The normalized spacial score (nSPS) is 26.8. The van der Waals surface area contributed by atoms with Crippen LogP contribution in [0.4, 0.5) is 4.79 Å². The number of hydrogen-bond donors (Lipinski definition) is 2. The molecular formula is C13H12Cl2N2O3. The summed E-state index contributed by atoms with van der Waals surface area (Å²) < 4.78 is 5.85. The van der Waals surface area contributed by atoms with Crippen molar-refractivity contribution in [2.45, 2.75) is 31.4 Å². The molecule has 0 saturated carbocycles. The minimum atomic E-state index is -1.19. The van der Waals surface area contributed by atoms with Crippen molar-refractivity contribution >= 4 is 35.1 Å². The van der Waals surface area contributed by atoms with Gasteiger partial charge in [-0.2, -0.15) is 0 Å². The van der Waals surface area contributed by atoms with E-state index in [-0.39, 0.29) is 0 Å². The lowest BCUT2D eigenvalue weighted by molar-refractivity contribution is -0.127. The minimum Gasteiger partial charge on any atom is -0.486 e. The Balaban J connectivity index is 2.28. The first-order valence-electron chi connectivity index (χ1n) is 6.06. The number of carbonyl (C=O) groups is 2. The van der Waals surface area contributed by atoms with Crippen LogP contribution in [0.15, 0.2) is 12.1 Å². The second kappa shape index (κ2) is 4.02. The van der Waals surface area contributed by atoms with Crippen molar-refractivity contribution in [1.82, 2.24) is 10.6 Å². The van der Waals surface area contributed by atoms with Crippen molar-refractivity contribution in [1.29, 1.82) is 0 Å². The molecule has 1 aromatic carbocycles. The third-order valence-electron chi connectivity index (χ3n) is 3.48. The fourth-order valence-electron chi connectivity index (χ4n) is 2.83. The topological polar surface area (TPSA) is 67.4 Å². The maximum atomic E-state index is 12.3. The van der Waals surface area contributed by atoms with E-state index in [9.17, 15) is 9.59 Å². The van der Waals surface area contributed by atoms with Crippen molar-refractivity contribution in [3.8, 4) is 5.75 Å². The van der Waals surface area contributed by atoms with Gasteiger partial charge in [0.25, 0.3) is 5.91 Å². The average molecular weight is 315 g/mol. The van der Waals surface area contributed by atoms with Crippen molar-refractivity contribution in [2.24, 2.45) is 0 Å². The van der Waals surface area contributed by atoms with E-state index in [1.165, 1.54) is 0 Å². The van der Waals surface area contributed by atoms with Crippen molar-refractivity contribution in [3.63, 3.8) is 0 Å². The van der Waals surface area contributed by atoms with E-state index in [0.29, 0.717) is 27.8 Å². The number of carbonyl (C=O) groups excluding carboxylic acids is 2. The molecule has 2 N–H and O–H groups in total. The molecule has 7 heteroatoms. The summed E-state index contributed by atoms with van der Waals surface area (Å²) in [6, 6.07) is 2.62. The monoisotopic (exact) mass is 314 g/mol. The number of ether oxygens (including phenoxy) is 1. The molecule has 1 aromatic rings. The van der Waals surface area contributed by atoms with E-state index in [1.54, 1.807) is 12.1 Å². The van der Waals surface area contributed by atoms with E-state index >= 15 is 0 Å². The Kier molecular flexibility index (Phi) is 2.72. The van der Waals surface area contributed by atoms with Crippen LogP contribution in [0, 0.1) is 0 Å². The third-order valence-corrected chi connectivity index (χ3v) is 3.98. The molecule has 20 heavy (non-hydrogen) atoms. The second-order valence-corrected chi connectivity index (χ2v) is 6.46. The molecule has 2 aliphatic rings. The van der Waals surface area contributed by atoms with Crippen molar-refractivity contribution < 1.29 is 14.3 Å². The van der Waals surface area contributed by atoms with Crippen LogP contribution >= 0.6 is 23.2 Å². The highest BCUT2D eigenvalue weighted by atomic mass is 35.5. The van der Waals surface area contributed by atoms with Gasteiger partial charge in [-0.1, -0.05) is 23.2 Å². The number of rotatable bonds is 0. The Morgan fingerprint density at radius 3 is 2.55 bits per heavy atom. The second-order valence-electron chi connectivity index (χ2n) is 5.62. The number of nitrogens with one attached hydrogen (secondary N) is 2. The van der Waals surface area contributed by atoms with Gasteiger partial charge in [-0.3, -0.25) is 10.1 Å². The van der Waals surface area contributed by atoms with E-state index in [0.717, 1.165) is 0 Å². The third kappa shape index (κ3) is 1.84. The summed E-state index contributed by atoms with van der Waals surface area (Å²) in [7, 11) is 0. The first-order valence-corrected chi connectivity index (χ1v) is 6.81. The molecule has 3 rings (SSSR count). The summed E-state index contributed by atoms with van der Waals surface area (Å²) in [6.07, 6.45) is 0.293. The van der Waals surface area contributed by atoms with E-state index in [1.807, 2.05) is 13.8 Å². The first kappa shape index (κ1) is 13.5. The highest BCUT2D eigenvalue weighted by molar-refractivity contribution is 6.36. The number of benzene rings is 1. The summed E-state index contributed by atoms with van der Waals surface area (Å²) in [5.41, 5.74) is -1.36. The number of halogens is 2. The van der Waals surface area contributed by atoms with Gasteiger partial charge in [0.15, 0.2) is 5.54 Å². The molecule has 2 aliphatic heterocycles. The molecule has 5 nitrogen and oxygen atoms in total. The van der Waals surface area contributed by atoms with Crippen molar-refractivity contribution in [3.05, 3.63) is 27.7 Å². The Hall–Kier alpha value is -1.46. The lowest BCUT2D eigenvalue weighted by Crippen LogP contribution is -2.53. The highest BCUT2D eigenvalue weighted by Crippen LogP contribution is 2.48. The van der Waals surface area contributed by atoms with Gasteiger partial charge in [0.2, 0.25) is 0 Å². The van der Waals surface area contributed by atoms with Gasteiger partial charge in [0, 0.05) is 17.0 Å². The molecular weight excluding hydrogens is 303 g/mol. The number of imide groups is 1.